The molecule has 1 aliphatic rings. The maximum absolute atomic E-state index is 11.3. The lowest BCUT2D eigenvalue weighted by Gasteiger charge is -2.08. The molecule has 1 amide bonds. The molecule has 0 aliphatic heterocycles. The van der Waals surface area contributed by atoms with Crippen LogP contribution in [0.4, 0.5) is 0 Å². The van der Waals surface area contributed by atoms with Gasteiger partial charge in [0.2, 0.25) is 5.78 Å². The third-order valence-corrected chi connectivity index (χ3v) is 2.07. The second kappa shape index (κ2) is 4.77. The van der Waals surface area contributed by atoms with Crippen molar-refractivity contribution in [2.75, 3.05) is 0 Å². The molecule has 1 saturated carbocycles. The zero-order valence-corrected chi connectivity index (χ0v) is 7.95. The Bertz CT molecular complexity index is 276. The summed E-state index contributed by atoms with van der Waals surface area (Å²) in [5.41, 5.74) is 5.49. The Labute approximate surface area is 83.2 Å². The number of ketones is 1. The number of amides is 1. The lowest BCUT2D eigenvalue weighted by atomic mass is 10.1. The standard InChI is InChI=1S/C10H14N2O2/c1-2-3-4-8(11)9(13)10(14)12-7-5-6-7/h1,7-8H,3-6,11H2,(H,12,14). The Kier molecular flexibility index (Phi) is 3.66. The molecular formula is C10H14N2O2. The van der Waals surface area contributed by atoms with Crippen LogP contribution in [0.3, 0.4) is 0 Å². The molecule has 1 atom stereocenters. The molecule has 0 saturated heterocycles. The van der Waals surface area contributed by atoms with Gasteiger partial charge in [0.05, 0.1) is 6.04 Å². The summed E-state index contributed by atoms with van der Waals surface area (Å²) in [6.07, 6.45) is 7.73. The third-order valence-electron chi connectivity index (χ3n) is 2.07. The maximum atomic E-state index is 11.3. The van der Waals surface area contributed by atoms with Gasteiger partial charge in [-0.05, 0) is 19.3 Å². The third kappa shape index (κ3) is 3.19. The Morgan fingerprint density at radius 3 is 2.71 bits per heavy atom. The Morgan fingerprint density at radius 2 is 2.21 bits per heavy atom. The summed E-state index contributed by atoms with van der Waals surface area (Å²) in [5.74, 6) is 1.25. The zero-order valence-electron chi connectivity index (χ0n) is 7.95. The topological polar surface area (TPSA) is 72.2 Å². The Balaban J connectivity index is 2.30. The van der Waals surface area contributed by atoms with Gasteiger partial charge in [0.15, 0.2) is 0 Å². The number of carbonyl (C=O) groups is 2. The van der Waals surface area contributed by atoms with Gasteiger partial charge in [0, 0.05) is 12.5 Å². The van der Waals surface area contributed by atoms with Crippen LogP contribution in [0.25, 0.3) is 0 Å². The molecule has 1 fully saturated rings. The molecule has 0 spiro atoms. The van der Waals surface area contributed by atoms with Crippen LogP contribution in [0.5, 0.6) is 0 Å². The van der Waals surface area contributed by atoms with Gasteiger partial charge in [-0.1, -0.05) is 0 Å². The van der Waals surface area contributed by atoms with Crippen molar-refractivity contribution < 1.29 is 9.59 Å². The van der Waals surface area contributed by atoms with E-state index in [2.05, 4.69) is 11.2 Å². The molecule has 0 radical (unpaired) electrons. The van der Waals surface area contributed by atoms with E-state index in [0.717, 1.165) is 12.8 Å². The van der Waals surface area contributed by atoms with Crippen LogP contribution >= 0.6 is 0 Å². The van der Waals surface area contributed by atoms with Crippen LogP contribution in [0, 0.1) is 12.3 Å². The number of nitrogens with one attached hydrogen (secondary N) is 1. The number of nitrogens with two attached hydrogens (primary N) is 1. The second-order valence-electron chi connectivity index (χ2n) is 3.46. The molecule has 1 unspecified atom stereocenters. The van der Waals surface area contributed by atoms with Gasteiger partial charge >= 0.3 is 0 Å². The predicted molar refractivity (Wildman–Crippen MR) is 52.2 cm³/mol. The first-order valence-corrected chi connectivity index (χ1v) is 4.69. The molecule has 0 bridgehead atoms. The van der Waals surface area contributed by atoms with Crippen LogP contribution in [-0.4, -0.2) is 23.8 Å². The van der Waals surface area contributed by atoms with Crippen LogP contribution in [0.15, 0.2) is 0 Å². The summed E-state index contributed by atoms with van der Waals surface area (Å²) in [4.78, 5) is 22.5. The quantitative estimate of drug-likeness (QED) is 0.461. The molecular weight excluding hydrogens is 180 g/mol. The fraction of sp³-hybridized carbons (Fsp3) is 0.600. The van der Waals surface area contributed by atoms with Crippen molar-refractivity contribution in [3.8, 4) is 12.3 Å². The highest BCUT2D eigenvalue weighted by atomic mass is 16.2. The van der Waals surface area contributed by atoms with E-state index < -0.39 is 17.7 Å². The van der Waals surface area contributed by atoms with Gasteiger partial charge in [-0.15, -0.1) is 12.3 Å². The molecule has 14 heavy (non-hydrogen) atoms. The minimum absolute atomic E-state index is 0.186. The average Bonchev–Trinajstić information content (AvgIpc) is 2.96. The van der Waals surface area contributed by atoms with E-state index in [1.54, 1.807) is 0 Å². The van der Waals surface area contributed by atoms with Crippen molar-refractivity contribution in [1.82, 2.24) is 5.32 Å². The van der Waals surface area contributed by atoms with Gasteiger partial charge in [-0.2, -0.15) is 0 Å². The molecule has 4 heteroatoms. The monoisotopic (exact) mass is 194 g/mol. The lowest BCUT2D eigenvalue weighted by molar-refractivity contribution is -0.138. The van der Waals surface area contributed by atoms with Gasteiger partial charge < -0.3 is 11.1 Å². The molecule has 0 heterocycles. The van der Waals surface area contributed by atoms with E-state index in [1.807, 2.05) is 0 Å². The van der Waals surface area contributed by atoms with Crippen molar-refractivity contribution >= 4 is 11.7 Å². The number of terminal acetylenes is 1. The van der Waals surface area contributed by atoms with Crippen molar-refractivity contribution in [3.63, 3.8) is 0 Å². The molecule has 0 aromatic carbocycles. The zero-order chi connectivity index (χ0) is 10.6. The van der Waals surface area contributed by atoms with Gasteiger partial charge in [-0.3, -0.25) is 9.59 Å². The largest absolute Gasteiger partial charge is 0.347 e. The number of hydrogen-bond acceptors (Lipinski definition) is 3. The molecule has 3 N–H and O–H groups in total. The fourth-order valence-electron chi connectivity index (χ4n) is 1.02. The van der Waals surface area contributed by atoms with Crippen molar-refractivity contribution in [2.24, 2.45) is 5.73 Å². The minimum atomic E-state index is -0.759. The van der Waals surface area contributed by atoms with E-state index in [9.17, 15) is 9.59 Å². The molecule has 4 nitrogen and oxygen atoms in total. The summed E-state index contributed by atoms with van der Waals surface area (Å²) in [6, 6.07) is -0.573. The van der Waals surface area contributed by atoms with E-state index in [-0.39, 0.29) is 6.04 Å². The predicted octanol–water partition coefficient (Wildman–Crippen LogP) is -0.425. The van der Waals surface area contributed by atoms with Crippen LogP contribution in [0.2, 0.25) is 0 Å². The highest BCUT2D eigenvalue weighted by Crippen LogP contribution is 2.18. The normalized spacial score (nSPS) is 16.9. The van der Waals surface area contributed by atoms with Crippen molar-refractivity contribution in [2.45, 2.75) is 37.8 Å². The number of rotatable bonds is 5. The van der Waals surface area contributed by atoms with E-state index >= 15 is 0 Å². The molecule has 0 aromatic heterocycles. The number of hydrogen-bond donors (Lipinski definition) is 2. The first-order chi connectivity index (χ1) is 6.65. The lowest BCUT2D eigenvalue weighted by Crippen LogP contribution is -2.43. The van der Waals surface area contributed by atoms with Crippen molar-refractivity contribution in [1.29, 1.82) is 0 Å². The van der Waals surface area contributed by atoms with Gasteiger partial charge in [0.1, 0.15) is 0 Å². The van der Waals surface area contributed by atoms with E-state index in [0.29, 0.717) is 12.8 Å². The van der Waals surface area contributed by atoms with Crippen molar-refractivity contribution in [3.05, 3.63) is 0 Å². The first-order valence-electron chi connectivity index (χ1n) is 4.69. The van der Waals surface area contributed by atoms with Crippen LogP contribution in [0.1, 0.15) is 25.7 Å². The highest BCUT2D eigenvalue weighted by Gasteiger charge is 2.28. The Morgan fingerprint density at radius 1 is 1.57 bits per heavy atom. The average molecular weight is 194 g/mol. The van der Waals surface area contributed by atoms with E-state index in [1.165, 1.54) is 0 Å². The molecule has 1 aliphatic carbocycles. The van der Waals surface area contributed by atoms with Crippen LogP contribution < -0.4 is 11.1 Å². The van der Waals surface area contributed by atoms with Gasteiger partial charge in [-0.25, -0.2) is 0 Å². The maximum Gasteiger partial charge on any atom is 0.289 e. The summed E-state index contributed by atoms with van der Waals surface area (Å²) in [7, 11) is 0. The molecule has 1 rings (SSSR count). The van der Waals surface area contributed by atoms with Gasteiger partial charge in [0.25, 0.3) is 5.91 Å². The number of Topliss-reactive ketones (excluding diaryl/α,β-unsaturated/α-hetero) is 1. The highest BCUT2D eigenvalue weighted by molar-refractivity contribution is 6.38. The Hall–Kier alpha value is -1.34. The first kappa shape index (κ1) is 10.7. The van der Waals surface area contributed by atoms with E-state index in [4.69, 9.17) is 12.2 Å². The van der Waals surface area contributed by atoms with Crippen LogP contribution in [-0.2, 0) is 9.59 Å². The smallest absolute Gasteiger partial charge is 0.289 e. The SMILES string of the molecule is C#CCCC(N)C(=O)C(=O)NC1CC1. The fourth-order valence-corrected chi connectivity index (χ4v) is 1.02. The summed E-state index contributed by atoms with van der Waals surface area (Å²) in [5, 5.41) is 2.59. The minimum Gasteiger partial charge on any atom is -0.347 e. The summed E-state index contributed by atoms with van der Waals surface area (Å²) < 4.78 is 0. The number of carbonyl (C=O) groups excluding carboxylic acids is 2. The second-order valence-corrected chi connectivity index (χ2v) is 3.46. The molecule has 76 valence electrons. The molecule has 0 aromatic rings. The summed E-state index contributed by atoms with van der Waals surface area (Å²) >= 11 is 0. The summed E-state index contributed by atoms with van der Waals surface area (Å²) in [6.45, 7) is 0.